The summed E-state index contributed by atoms with van der Waals surface area (Å²) in [6.45, 7) is 3.39. The van der Waals surface area contributed by atoms with Gasteiger partial charge in [0.25, 0.3) is 15.9 Å². The number of carbonyl (C=O) groups is 1. The zero-order chi connectivity index (χ0) is 15.6. The zero-order valence-electron chi connectivity index (χ0n) is 11.7. The van der Waals surface area contributed by atoms with Crippen LogP contribution in [0.15, 0.2) is 34.1 Å². The van der Waals surface area contributed by atoms with E-state index in [1.54, 1.807) is 13.8 Å². The summed E-state index contributed by atoms with van der Waals surface area (Å²) >= 11 is 0. The van der Waals surface area contributed by atoms with E-state index >= 15 is 0 Å². The number of amides is 1. The zero-order valence-corrected chi connectivity index (χ0v) is 12.5. The topological polar surface area (TPSA) is 98.5 Å². The molecule has 1 heterocycles. The van der Waals surface area contributed by atoms with Crippen LogP contribution in [0.3, 0.4) is 0 Å². The number of carbonyl (C=O) groups excluding carboxylic acids is 1. The maximum Gasteiger partial charge on any atom is 0.286 e. The van der Waals surface area contributed by atoms with E-state index in [-0.39, 0.29) is 10.6 Å². The van der Waals surface area contributed by atoms with Crippen LogP contribution in [0.25, 0.3) is 0 Å². The van der Waals surface area contributed by atoms with Crippen molar-refractivity contribution in [2.24, 2.45) is 0 Å². The van der Waals surface area contributed by atoms with Crippen LogP contribution in [-0.2, 0) is 10.0 Å². The number of hydrogen-bond donors (Lipinski definition) is 1. The van der Waals surface area contributed by atoms with Gasteiger partial charge < -0.3 is 9.15 Å². The molecule has 0 atom stereocenters. The molecule has 1 N–H and O–H groups in total. The molecule has 0 fully saturated rings. The average molecular weight is 310 g/mol. The number of ether oxygens (including phenoxy) is 1. The molecular formula is C13H14N2O5S. The lowest BCUT2D eigenvalue weighted by Gasteiger charge is -2.13. The first-order valence-electron chi connectivity index (χ1n) is 5.96. The number of nitrogens with zero attached hydrogens (tertiary/aromatic N) is 1. The molecule has 8 heteroatoms. The lowest BCUT2D eigenvalue weighted by Crippen LogP contribution is -2.31. The normalized spacial score (nSPS) is 11.2. The Bertz CT molecular complexity index is 766. The molecule has 0 aliphatic rings. The fraction of sp³-hybridized carbons (Fsp3) is 0.231. The first kappa shape index (κ1) is 15.0. The van der Waals surface area contributed by atoms with E-state index in [0.717, 1.165) is 12.7 Å². The van der Waals surface area contributed by atoms with Crippen LogP contribution in [0.1, 0.15) is 21.6 Å². The molecule has 2 rings (SSSR count). The standard InChI is InChI=1S/C13H14N2O5S/c1-8-9(2)12(5-4-11(8)19-3)21(17,18)15-13(16)10-6-20-7-14-10/h4-7H,1-3H3,(H,15,16). The van der Waals surface area contributed by atoms with Gasteiger partial charge in [-0.05, 0) is 37.1 Å². The summed E-state index contributed by atoms with van der Waals surface area (Å²) in [6.07, 6.45) is 2.11. The highest BCUT2D eigenvalue weighted by atomic mass is 32.2. The number of sulfonamides is 1. The highest BCUT2D eigenvalue weighted by molar-refractivity contribution is 7.90. The van der Waals surface area contributed by atoms with E-state index in [2.05, 4.69) is 9.40 Å². The number of oxazole rings is 1. The Kier molecular flexibility index (Phi) is 3.99. The van der Waals surface area contributed by atoms with Crippen LogP contribution in [0.2, 0.25) is 0 Å². The van der Waals surface area contributed by atoms with Gasteiger partial charge in [-0.25, -0.2) is 18.1 Å². The Morgan fingerprint density at radius 3 is 2.57 bits per heavy atom. The number of nitrogens with one attached hydrogen (secondary N) is 1. The van der Waals surface area contributed by atoms with Gasteiger partial charge in [-0.3, -0.25) is 4.79 Å². The molecule has 0 saturated heterocycles. The quantitative estimate of drug-likeness (QED) is 0.917. The summed E-state index contributed by atoms with van der Waals surface area (Å²) in [7, 11) is -2.50. The second kappa shape index (κ2) is 5.57. The van der Waals surface area contributed by atoms with E-state index in [1.807, 2.05) is 4.72 Å². The van der Waals surface area contributed by atoms with Crippen LogP contribution < -0.4 is 9.46 Å². The van der Waals surface area contributed by atoms with Crippen LogP contribution in [0.5, 0.6) is 5.75 Å². The van der Waals surface area contributed by atoms with E-state index < -0.39 is 15.9 Å². The van der Waals surface area contributed by atoms with Gasteiger partial charge in [0, 0.05) is 0 Å². The number of hydrogen-bond acceptors (Lipinski definition) is 6. The summed E-state index contributed by atoms with van der Waals surface area (Å²) in [6, 6.07) is 2.93. The minimum Gasteiger partial charge on any atom is -0.496 e. The minimum absolute atomic E-state index is 0.0117. The molecule has 7 nitrogen and oxygen atoms in total. The van der Waals surface area contributed by atoms with E-state index in [9.17, 15) is 13.2 Å². The number of methoxy groups -OCH3 is 1. The molecule has 1 aromatic heterocycles. The van der Waals surface area contributed by atoms with Gasteiger partial charge in [0.15, 0.2) is 12.1 Å². The van der Waals surface area contributed by atoms with Crippen LogP contribution in [0.4, 0.5) is 0 Å². The molecular weight excluding hydrogens is 296 g/mol. The fourth-order valence-electron chi connectivity index (χ4n) is 1.84. The third-order valence-corrected chi connectivity index (χ3v) is 4.56. The maximum atomic E-state index is 12.3. The Hall–Kier alpha value is -2.35. The van der Waals surface area contributed by atoms with E-state index in [0.29, 0.717) is 16.9 Å². The second-order valence-electron chi connectivity index (χ2n) is 4.32. The number of benzene rings is 1. The molecule has 1 amide bonds. The Labute approximate surface area is 122 Å². The molecule has 0 spiro atoms. The van der Waals surface area contributed by atoms with Gasteiger partial charge in [0.05, 0.1) is 12.0 Å². The van der Waals surface area contributed by atoms with Crippen LogP contribution in [0, 0.1) is 13.8 Å². The first-order chi connectivity index (χ1) is 9.86. The Morgan fingerprint density at radius 1 is 1.29 bits per heavy atom. The fourth-order valence-corrected chi connectivity index (χ4v) is 3.10. The predicted octanol–water partition coefficient (Wildman–Crippen LogP) is 1.42. The van der Waals surface area contributed by atoms with E-state index in [1.165, 1.54) is 19.2 Å². The summed E-state index contributed by atoms with van der Waals surface area (Å²) in [4.78, 5) is 15.4. The molecule has 0 saturated carbocycles. The Morgan fingerprint density at radius 2 is 2.00 bits per heavy atom. The van der Waals surface area contributed by atoms with Crippen molar-refractivity contribution in [3.05, 3.63) is 41.6 Å². The van der Waals surface area contributed by atoms with Crippen molar-refractivity contribution >= 4 is 15.9 Å². The van der Waals surface area contributed by atoms with Crippen molar-refractivity contribution in [3.63, 3.8) is 0 Å². The van der Waals surface area contributed by atoms with Gasteiger partial charge in [0.2, 0.25) is 0 Å². The highest BCUT2D eigenvalue weighted by Gasteiger charge is 2.23. The van der Waals surface area contributed by atoms with Crippen molar-refractivity contribution in [2.45, 2.75) is 18.7 Å². The highest BCUT2D eigenvalue weighted by Crippen LogP contribution is 2.26. The molecule has 21 heavy (non-hydrogen) atoms. The van der Waals surface area contributed by atoms with Gasteiger partial charge >= 0.3 is 0 Å². The Balaban J connectivity index is 2.37. The van der Waals surface area contributed by atoms with Gasteiger partial charge in [-0.15, -0.1) is 0 Å². The minimum atomic E-state index is -4.00. The summed E-state index contributed by atoms with van der Waals surface area (Å²) in [5.74, 6) is -0.272. The van der Waals surface area contributed by atoms with Crippen LogP contribution in [-0.4, -0.2) is 26.4 Å². The van der Waals surface area contributed by atoms with Crippen molar-refractivity contribution in [1.29, 1.82) is 0 Å². The number of aromatic nitrogens is 1. The third-order valence-electron chi connectivity index (χ3n) is 3.09. The molecule has 1 aromatic carbocycles. The third kappa shape index (κ3) is 2.89. The summed E-state index contributed by atoms with van der Waals surface area (Å²) < 4.78 is 36.3. The smallest absolute Gasteiger partial charge is 0.286 e. The molecule has 2 aromatic rings. The lowest BCUT2D eigenvalue weighted by atomic mass is 10.1. The largest absolute Gasteiger partial charge is 0.496 e. The average Bonchev–Trinajstić information content (AvgIpc) is 2.95. The predicted molar refractivity (Wildman–Crippen MR) is 73.6 cm³/mol. The van der Waals surface area contributed by atoms with Gasteiger partial charge in [-0.1, -0.05) is 0 Å². The van der Waals surface area contributed by atoms with E-state index in [4.69, 9.17) is 4.74 Å². The van der Waals surface area contributed by atoms with Crippen molar-refractivity contribution < 1.29 is 22.4 Å². The monoisotopic (exact) mass is 310 g/mol. The van der Waals surface area contributed by atoms with Gasteiger partial charge in [0.1, 0.15) is 12.0 Å². The molecule has 0 bridgehead atoms. The SMILES string of the molecule is COc1ccc(S(=O)(=O)NC(=O)c2cocn2)c(C)c1C. The second-order valence-corrected chi connectivity index (χ2v) is 5.98. The van der Waals surface area contributed by atoms with Crippen molar-refractivity contribution in [2.75, 3.05) is 7.11 Å². The van der Waals surface area contributed by atoms with Gasteiger partial charge in [-0.2, -0.15) is 0 Å². The maximum absolute atomic E-state index is 12.3. The number of rotatable bonds is 4. The molecule has 0 aliphatic carbocycles. The molecule has 0 aliphatic heterocycles. The lowest BCUT2D eigenvalue weighted by molar-refractivity contribution is 0.0976. The molecule has 112 valence electrons. The van der Waals surface area contributed by atoms with Crippen molar-refractivity contribution in [3.8, 4) is 5.75 Å². The first-order valence-corrected chi connectivity index (χ1v) is 7.44. The summed E-state index contributed by atoms with van der Waals surface area (Å²) in [5.41, 5.74) is 1.09. The van der Waals surface area contributed by atoms with Crippen LogP contribution >= 0.6 is 0 Å². The molecule has 0 unspecified atom stereocenters. The molecule has 0 radical (unpaired) electrons. The van der Waals surface area contributed by atoms with Crippen molar-refractivity contribution in [1.82, 2.24) is 9.71 Å². The summed E-state index contributed by atoms with van der Waals surface area (Å²) in [5, 5.41) is 0.